The SMILES string of the molecule is CCCC[Si](Cl)(c1ccccc1)c1ccccc1.c1c[nH]cn1. The number of aromatic nitrogens is 2. The van der Waals surface area contributed by atoms with Crippen LogP contribution in [0.3, 0.4) is 0 Å². The van der Waals surface area contributed by atoms with Crippen molar-refractivity contribution in [1.29, 1.82) is 0 Å². The minimum Gasteiger partial charge on any atom is -0.351 e. The Hall–Kier alpha value is -1.84. The molecule has 0 spiro atoms. The highest BCUT2D eigenvalue weighted by Crippen LogP contribution is 2.19. The maximum atomic E-state index is 7.11. The number of hydrogen-bond donors (Lipinski definition) is 1. The molecule has 0 amide bonds. The molecule has 2 aromatic carbocycles. The molecule has 0 aliphatic heterocycles. The fourth-order valence-corrected chi connectivity index (χ4v) is 6.85. The van der Waals surface area contributed by atoms with Crippen LogP contribution >= 0.6 is 11.1 Å². The zero-order valence-electron chi connectivity index (χ0n) is 13.5. The molecule has 1 N–H and O–H groups in total. The summed E-state index contributed by atoms with van der Waals surface area (Å²) < 4.78 is 0. The van der Waals surface area contributed by atoms with Gasteiger partial charge in [0.25, 0.3) is 0 Å². The van der Waals surface area contributed by atoms with E-state index in [0.29, 0.717) is 0 Å². The first-order valence-electron chi connectivity index (χ1n) is 8.00. The second kappa shape index (κ2) is 9.33. The van der Waals surface area contributed by atoms with Gasteiger partial charge in [-0.3, -0.25) is 0 Å². The molecule has 0 fully saturated rings. The van der Waals surface area contributed by atoms with Crippen LogP contribution in [0, 0.1) is 0 Å². The first-order chi connectivity index (χ1) is 11.3. The largest absolute Gasteiger partial charge is 0.351 e. The van der Waals surface area contributed by atoms with Crippen LogP contribution in [0.4, 0.5) is 0 Å². The lowest BCUT2D eigenvalue weighted by Crippen LogP contribution is -2.53. The number of nitrogens with one attached hydrogen (secondary N) is 1. The van der Waals surface area contributed by atoms with E-state index in [9.17, 15) is 0 Å². The van der Waals surface area contributed by atoms with Gasteiger partial charge in [-0.15, -0.1) is 0 Å². The fourth-order valence-electron chi connectivity index (χ4n) is 2.50. The van der Waals surface area contributed by atoms with Crippen molar-refractivity contribution in [1.82, 2.24) is 9.97 Å². The summed E-state index contributed by atoms with van der Waals surface area (Å²) in [7, 11) is -2.05. The second-order valence-electron chi connectivity index (χ2n) is 5.40. The quantitative estimate of drug-likeness (QED) is 0.546. The molecular formula is C19H23ClN2Si. The molecule has 0 aliphatic carbocycles. The van der Waals surface area contributed by atoms with Gasteiger partial charge < -0.3 is 4.98 Å². The first-order valence-corrected chi connectivity index (χ1v) is 11.2. The number of imidazole rings is 1. The van der Waals surface area contributed by atoms with E-state index in [2.05, 4.69) is 77.6 Å². The van der Waals surface area contributed by atoms with Crippen molar-refractivity contribution in [3.63, 3.8) is 0 Å². The molecule has 1 heterocycles. The van der Waals surface area contributed by atoms with E-state index in [1.807, 2.05) is 0 Å². The van der Waals surface area contributed by atoms with Gasteiger partial charge in [0.2, 0.25) is 7.38 Å². The van der Waals surface area contributed by atoms with Gasteiger partial charge in [0.05, 0.1) is 6.33 Å². The van der Waals surface area contributed by atoms with E-state index < -0.39 is 7.38 Å². The van der Waals surface area contributed by atoms with Crippen LogP contribution in [0.15, 0.2) is 79.4 Å². The molecular weight excluding hydrogens is 320 g/mol. The second-order valence-corrected chi connectivity index (χ2v) is 10.6. The van der Waals surface area contributed by atoms with Crippen LogP contribution < -0.4 is 10.4 Å². The molecule has 3 rings (SSSR count). The Morgan fingerprint density at radius 3 is 1.87 bits per heavy atom. The van der Waals surface area contributed by atoms with Crippen LogP contribution in [0.1, 0.15) is 19.8 Å². The third-order valence-corrected chi connectivity index (χ3v) is 9.16. The number of aromatic amines is 1. The van der Waals surface area contributed by atoms with Gasteiger partial charge >= 0.3 is 0 Å². The number of rotatable bonds is 5. The average molecular weight is 343 g/mol. The minimum absolute atomic E-state index is 1.11. The maximum Gasteiger partial charge on any atom is 0.217 e. The summed E-state index contributed by atoms with van der Waals surface area (Å²) in [4.78, 5) is 6.42. The first kappa shape index (κ1) is 17.5. The predicted molar refractivity (Wildman–Crippen MR) is 102 cm³/mol. The summed E-state index contributed by atoms with van der Waals surface area (Å²) >= 11 is 7.11. The zero-order valence-corrected chi connectivity index (χ0v) is 15.2. The standard InChI is InChI=1S/C16H19ClSi.C3H4N2/c1-2-3-14-18(17,15-10-6-4-7-11-15)16-12-8-5-9-13-16;1-2-5-3-4-1/h4-13H,2-3,14H2,1H3;1-3H,(H,4,5). The van der Waals surface area contributed by atoms with Gasteiger partial charge in [0.1, 0.15) is 0 Å². The van der Waals surface area contributed by atoms with Gasteiger partial charge in [0, 0.05) is 12.4 Å². The van der Waals surface area contributed by atoms with Crippen LogP contribution in [0.2, 0.25) is 6.04 Å². The van der Waals surface area contributed by atoms with E-state index in [0.717, 1.165) is 6.04 Å². The Morgan fingerprint density at radius 2 is 1.52 bits per heavy atom. The lowest BCUT2D eigenvalue weighted by Gasteiger charge is -2.25. The summed E-state index contributed by atoms with van der Waals surface area (Å²) in [5.74, 6) is 0. The van der Waals surface area contributed by atoms with Gasteiger partial charge in [-0.25, -0.2) is 4.98 Å². The van der Waals surface area contributed by atoms with Crippen molar-refractivity contribution < 1.29 is 0 Å². The van der Waals surface area contributed by atoms with E-state index in [4.69, 9.17) is 11.1 Å². The number of hydrogen-bond acceptors (Lipinski definition) is 1. The monoisotopic (exact) mass is 342 g/mol. The highest BCUT2D eigenvalue weighted by molar-refractivity contribution is 7.34. The molecule has 0 bridgehead atoms. The van der Waals surface area contributed by atoms with E-state index in [1.54, 1.807) is 18.7 Å². The third kappa shape index (κ3) is 5.08. The van der Waals surface area contributed by atoms with Gasteiger partial charge in [0.15, 0.2) is 0 Å². The van der Waals surface area contributed by atoms with Crippen LogP contribution in [0.25, 0.3) is 0 Å². The van der Waals surface area contributed by atoms with Gasteiger partial charge in [-0.05, 0) is 16.4 Å². The van der Waals surface area contributed by atoms with Crippen molar-refractivity contribution in [2.75, 3.05) is 0 Å². The molecule has 0 saturated carbocycles. The number of halogens is 1. The minimum atomic E-state index is -2.05. The lowest BCUT2D eigenvalue weighted by atomic mass is 10.4. The number of benzene rings is 2. The summed E-state index contributed by atoms with van der Waals surface area (Å²) in [5, 5.41) is 2.65. The average Bonchev–Trinajstić information content (AvgIpc) is 3.21. The molecule has 120 valence electrons. The van der Waals surface area contributed by atoms with Crippen molar-refractivity contribution in [2.45, 2.75) is 25.8 Å². The molecule has 0 aliphatic rings. The van der Waals surface area contributed by atoms with Crippen molar-refractivity contribution >= 4 is 28.8 Å². The molecule has 0 atom stereocenters. The van der Waals surface area contributed by atoms with Crippen molar-refractivity contribution in [2.24, 2.45) is 0 Å². The molecule has 3 aromatic rings. The van der Waals surface area contributed by atoms with Crippen LogP contribution in [0.5, 0.6) is 0 Å². The normalized spacial score (nSPS) is 10.7. The Labute approximate surface area is 144 Å². The van der Waals surface area contributed by atoms with E-state index >= 15 is 0 Å². The molecule has 23 heavy (non-hydrogen) atoms. The highest BCUT2D eigenvalue weighted by Gasteiger charge is 2.34. The predicted octanol–water partition coefficient (Wildman–Crippen LogP) is 4.19. The summed E-state index contributed by atoms with van der Waals surface area (Å²) in [6.07, 6.45) is 7.47. The summed E-state index contributed by atoms with van der Waals surface area (Å²) in [6, 6.07) is 22.3. The smallest absolute Gasteiger partial charge is 0.217 e. The Morgan fingerprint density at radius 1 is 0.957 bits per heavy atom. The molecule has 0 radical (unpaired) electrons. The Kier molecular flexibility index (Phi) is 7.10. The molecule has 0 unspecified atom stereocenters. The summed E-state index contributed by atoms with van der Waals surface area (Å²) in [5.41, 5.74) is 0. The maximum absolute atomic E-state index is 7.11. The van der Waals surface area contributed by atoms with Gasteiger partial charge in [-0.2, -0.15) is 11.1 Å². The van der Waals surface area contributed by atoms with E-state index in [1.165, 1.54) is 23.2 Å². The number of nitrogens with zero attached hydrogens (tertiary/aromatic N) is 1. The molecule has 4 heteroatoms. The molecule has 1 aromatic heterocycles. The zero-order chi connectivity index (χ0) is 16.4. The number of H-pyrrole nitrogens is 1. The Bertz CT molecular complexity index is 585. The lowest BCUT2D eigenvalue weighted by molar-refractivity contribution is 0.876. The fraction of sp³-hybridized carbons (Fsp3) is 0.211. The molecule has 2 nitrogen and oxygen atoms in total. The third-order valence-electron chi connectivity index (χ3n) is 3.74. The van der Waals surface area contributed by atoms with Crippen molar-refractivity contribution in [3.8, 4) is 0 Å². The van der Waals surface area contributed by atoms with Crippen LogP contribution in [-0.4, -0.2) is 17.4 Å². The number of unbranched alkanes of at least 4 members (excludes halogenated alkanes) is 1. The molecule has 0 saturated heterocycles. The summed E-state index contributed by atoms with van der Waals surface area (Å²) in [6.45, 7) is 2.22. The van der Waals surface area contributed by atoms with Crippen LogP contribution in [-0.2, 0) is 0 Å². The van der Waals surface area contributed by atoms with E-state index in [-0.39, 0.29) is 0 Å². The Balaban J connectivity index is 0.000000326. The van der Waals surface area contributed by atoms with Crippen molar-refractivity contribution in [3.05, 3.63) is 79.4 Å². The van der Waals surface area contributed by atoms with Gasteiger partial charge in [-0.1, -0.05) is 80.4 Å². The highest BCUT2D eigenvalue weighted by atomic mass is 35.6. The topological polar surface area (TPSA) is 28.7 Å².